The molecular formula is C12H11ClN4O. The van der Waals surface area contributed by atoms with Gasteiger partial charge < -0.3 is 10.8 Å². The van der Waals surface area contributed by atoms with Gasteiger partial charge in [-0.1, -0.05) is 30.3 Å². The molecule has 0 unspecified atom stereocenters. The number of hydrogen-bond acceptors (Lipinski definition) is 3. The van der Waals surface area contributed by atoms with E-state index >= 15 is 0 Å². The van der Waals surface area contributed by atoms with Crippen LogP contribution in [0.2, 0.25) is 0 Å². The van der Waals surface area contributed by atoms with Crippen molar-refractivity contribution in [2.24, 2.45) is 15.3 Å². The fourth-order valence-electron chi connectivity index (χ4n) is 1.60. The molecule has 4 N–H and O–H groups in total. The molecule has 0 aliphatic rings. The molecule has 0 saturated carbocycles. The number of rotatable bonds is 2. The number of fused-ring (bicyclic) bond motifs is 1. The van der Waals surface area contributed by atoms with Gasteiger partial charge in [0.1, 0.15) is 5.75 Å². The Morgan fingerprint density at radius 1 is 1.28 bits per heavy atom. The van der Waals surface area contributed by atoms with Crippen LogP contribution in [-0.4, -0.2) is 17.3 Å². The Kier molecular flexibility index (Phi) is 3.64. The number of nitrogens with two attached hydrogens (primary N) is 1. The smallest absolute Gasteiger partial charge is 0.226 e. The van der Waals surface area contributed by atoms with E-state index in [1.54, 1.807) is 6.07 Å². The van der Waals surface area contributed by atoms with Crippen LogP contribution < -0.4 is 11.2 Å². The zero-order chi connectivity index (χ0) is 13.0. The molecule has 0 amide bonds. The fraction of sp³-hybridized carbons (Fsp3) is 0. The van der Waals surface area contributed by atoms with Crippen LogP contribution in [0.4, 0.5) is 0 Å². The molecule has 2 aromatic rings. The van der Waals surface area contributed by atoms with Crippen LogP contribution in [0, 0.1) is 0 Å². The van der Waals surface area contributed by atoms with Crippen molar-refractivity contribution in [1.82, 2.24) is 5.43 Å². The number of phenolic OH excluding ortho intramolecular Hbond substituents is 1. The summed E-state index contributed by atoms with van der Waals surface area (Å²) in [6.07, 6.45) is 1.46. The van der Waals surface area contributed by atoms with E-state index in [2.05, 4.69) is 15.0 Å². The number of nitrogens with zero attached hydrogens (tertiary/aromatic N) is 2. The lowest BCUT2D eigenvalue weighted by Gasteiger charge is -2.04. The van der Waals surface area contributed by atoms with E-state index in [1.165, 1.54) is 6.21 Å². The number of nitrogens with one attached hydrogen (secondary N) is 1. The van der Waals surface area contributed by atoms with Gasteiger partial charge in [-0.2, -0.15) is 5.10 Å². The molecule has 0 fully saturated rings. The molecule has 18 heavy (non-hydrogen) atoms. The number of hydrazone groups is 1. The van der Waals surface area contributed by atoms with Crippen molar-refractivity contribution in [2.45, 2.75) is 0 Å². The van der Waals surface area contributed by atoms with Crippen LogP contribution in [0.5, 0.6) is 5.75 Å². The van der Waals surface area contributed by atoms with Gasteiger partial charge in [-0.15, -0.1) is 4.51 Å². The zero-order valence-corrected chi connectivity index (χ0v) is 10.1. The van der Waals surface area contributed by atoms with Gasteiger partial charge in [-0.25, -0.2) is 5.43 Å². The number of guanidine groups is 1. The molecule has 6 heteroatoms. The SMILES string of the molecule is N/C(=N\Cl)NN=Cc1c(O)ccc2ccccc12. The molecule has 0 radical (unpaired) electrons. The number of phenols is 1. The minimum atomic E-state index is -0.0207. The average molecular weight is 263 g/mol. The summed E-state index contributed by atoms with van der Waals surface area (Å²) in [5, 5.41) is 15.6. The predicted octanol–water partition coefficient (Wildman–Crippen LogP) is 1.94. The minimum Gasteiger partial charge on any atom is -0.507 e. The van der Waals surface area contributed by atoms with Gasteiger partial charge in [0.25, 0.3) is 0 Å². The summed E-state index contributed by atoms with van der Waals surface area (Å²) >= 11 is 5.14. The summed E-state index contributed by atoms with van der Waals surface area (Å²) in [6.45, 7) is 0. The summed E-state index contributed by atoms with van der Waals surface area (Å²) in [5.74, 6) is 0.119. The molecule has 0 bridgehead atoms. The maximum absolute atomic E-state index is 9.82. The highest BCUT2D eigenvalue weighted by Gasteiger charge is 2.03. The minimum absolute atomic E-state index is 0.0207. The van der Waals surface area contributed by atoms with Crippen molar-refractivity contribution < 1.29 is 5.11 Å². The molecule has 2 aromatic carbocycles. The van der Waals surface area contributed by atoms with Crippen LogP contribution in [0.3, 0.4) is 0 Å². The maximum Gasteiger partial charge on any atom is 0.226 e. The molecule has 2 rings (SSSR count). The van der Waals surface area contributed by atoms with Crippen molar-refractivity contribution in [2.75, 3.05) is 0 Å². The Balaban J connectivity index is 2.40. The first kappa shape index (κ1) is 12.2. The Morgan fingerprint density at radius 2 is 2.06 bits per heavy atom. The summed E-state index contributed by atoms with van der Waals surface area (Å²) in [4.78, 5) is 0. The number of halogens is 1. The van der Waals surface area contributed by atoms with Crippen LogP contribution >= 0.6 is 11.8 Å². The average Bonchev–Trinajstić information content (AvgIpc) is 2.41. The molecule has 0 saturated heterocycles. The van der Waals surface area contributed by atoms with E-state index in [9.17, 15) is 5.11 Å². The van der Waals surface area contributed by atoms with Crippen LogP contribution in [0.25, 0.3) is 10.8 Å². The summed E-state index contributed by atoms with van der Waals surface area (Å²) in [6, 6.07) is 11.1. The molecule has 0 spiro atoms. The molecule has 0 aliphatic carbocycles. The van der Waals surface area contributed by atoms with Crippen molar-refractivity contribution >= 4 is 34.7 Å². The largest absolute Gasteiger partial charge is 0.507 e. The van der Waals surface area contributed by atoms with Gasteiger partial charge in [0.05, 0.1) is 6.21 Å². The molecule has 5 nitrogen and oxygen atoms in total. The van der Waals surface area contributed by atoms with Crippen molar-refractivity contribution in [3.8, 4) is 5.75 Å². The summed E-state index contributed by atoms with van der Waals surface area (Å²) in [7, 11) is 0. The van der Waals surface area contributed by atoms with Gasteiger partial charge in [-0.3, -0.25) is 0 Å². The third-order valence-electron chi connectivity index (χ3n) is 2.41. The molecular weight excluding hydrogens is 252 g/mol. The molecule has 0 atom stereocenters. The number of benzene rings is 2. The Morgan fingerprint density at radius 3 is 2.83 bits per heavy atom. The van der Waals surface area contributed by atoms with E-state index in [4.69, 9.17) is 17.5 Å². The van der Waals surface area contributed by atoms with Crippen molar-refractivity contribution in [3.63, 3.8) is 0 Å². The van der Waals surface area contributed by atoms with Gasteiger partial charge in [0.15, 0.2) is 0 Å². The molecule has 0 aromatic heterocycles. The van der Waals surface area contributed by atoms with E-state index in [1.807, 2.05) is 30.3 Å². The Labute approximate surface area is 109 Å². The summed E-state index contributed by atoms with van der Waals surface area (Å²) < 4.78 is 3.18. The second-order valence-electron chi connectivity index (χ2n) is 3.56. The van der Waals surface area contributed by atoms with Gasteiger partial charge in [-0.05, 0) is 16.8 Å². The first-order chi connectivity index (χ1) is 8.72. The second-order valence-corrected chi connectivity index (χ2v) is 3.73. The third kappa shape index (κ3) is 2.52. The lowest BCUT2D eigenvalue weighted by molar-refractivity contribution is 0.475. The second kappa shape index (κ2) is 5.37. The quantitative estimate of drug-likeness (QED) is 0.439. The Hall–Kier alpha value is -2.27. The fourth-order valence-corrected chi connectivity index (χ4v) is 1.64. The lowest BCUT2D eigenvalue weighted by Crippen LogP contribution is -2.26. The molecule has 0 aliphatic heterocycles. The molecule has 92 valence electrons. The maximum atomic E-state index is 9.82. The van der Waals surface area contributed by atoms with E-state index < -0.39 is 0 Å². The van der Waals surface area contributed by atoms with Gasteiger partial charge in [0, 0.05) is 17.3 Å². The van der Waals surface area contributed by atoms with Crippen LogP contribution in [0.1, 0.15) is 5.56 Å². The van der Waals surface area contributed by atoms with E-state index in [0.29, 0.717) is 5.56 Å². The van der Waals surface area contributed by atoms with E-state index in [-0.39, 0.29) is 11.7 Å². The number of aromatic hydroxyl groups is 1. The topological polar surface area (TPSA) is 83.0 Å². The van der Waals surface area contributed by atoms with Gasteiger partial charge in [0.2, 0.25) is 5.96 Å². The van der Waals surface area contributed by atoms with Crippen molar-refractivity contribution in [1.29, 1.82) is 0 Å². The highest BCUT2D eigenvalue weighted by atomic mass is 35.5. The predicted molar refractivity (Wildman–Crippen MR) is 73.8 cm³/mol. The van der Waals surface area contributed by atoms with Crippen LogP contribution in [-0.2, 0) is 0 Å². The van der Waals surface area contributed by atoms with E-state index in [0.717, 1.165) is 10.8 Å². The summed E-state index contributed by atoms with van der Waals surface area (Å²) in [5.41, 5.74) is 8.35. The monoisotopic (exact) mass is 262 g/mol. The van der Waals surface area contributed by atoms with Crippen molar-refractivity contribution in [3.05, 3.63) is 42.0 Å². The number of hydrogen-bond donors (Lipinski definition) is 3. The molecule has 0 heterocycles. The third-order valence-corrected chi connectivity index (χ3v) is 2.59. The normalized spacial score (nSPS) is 12.2. The lowest BCUT2D eigenvalue weighted by atomic mass is 10.0. The first-order valence-electron chi connectivity index (χ1n) is 5.16. The highest BCUT2D eigenvalue weighted by molar-refractivity contribution is 6.19. The van der Waals surface area contributed by atoms with Crippen LogP contribution in [0.15, 0.2) is 46.0 Å². The standard InChI is InChI=1S/C12H11ClN4O/c13-16-12(14)17-15-7-10-9-4-2-1-3-8(9)5-6-11(10)18/h1-7,18H,(H3,14,16,17). The first-order valence-corrected chi connectivity index (χ1v) is 5.50. The highest BCUT2D eigenvalue weighted by Crippen LogP contribution is 2.25. The van der Waals surface area contributed by atoms with Gasteiger partial charge >= 0.3 is 0 Å². The Bertz CT molecular complexity index is 625. The zero-order valence-electron chi connectivity index (χ0n) is 9.34.